The van der Waals surface area contributed by atoms with Crippen molar-refractivity contribution in [3.8, 4) is 0 Å². The van der Waals surface area contributed by atoms with Crippen molar-refractivity contribution in [1.29, 1.82) is 0 Å². The first-order chi connectivity index (χ1) is 5.45. The molecule has 0 aromatic rings. The Balaban J connectivity index is 3.37. The lowest BCUT2D eigenvalue weighted by Gasteiger charge is -2.20. The fourth-order valence-electron chi connectivity index (χ4n) is 1.01. The third-order valence-electron chi connectivity index (χ3n) is 1.86. The second kappa shape index (κ2) is 5.55. The van der Waals surface area contributed by atoms with Gasteiger partial charge < -0.3 is 10.4 Å². The molecule has 74 valence electrons. The summed E-state index contributed by atoms with van der Waals surface area (Å²) >= 11 is 0. The summed E-state index contributed by atoms with van der Waals surface area (Å²) in [5.41, 5.74) is 0.340. The van der Waals surface area contributed by atoms with E-state index in [-0.39, 0.29) is 6.10 Å². The lowest BCUT2D eigenvalue weighted by Crippen LogP contribution is -2.27. The summed E-state index contributed by atoms with van der Waals surface area (Å²) < 4.78 is 0. The summed E-state index contributed by atoms with van der Waals surface area (Å²) in [4.78, 5) is 0. The molecule has 12 heavy (non-hydrogen) atoms. The van der Waals surface area contributed by atoms with Gasteiger partial charge in [0.15, 0.2) is 0 Å². The molecule has 0 bridgehead atoms. The molecule has 2 N–H and O–H groups in total. The highest BCUT2D eigenvalue weighted by molar-refractivity contribution is 4.66. The van der Waals surface area contributed by atoms with Gasteiger partial charge in [0.1, 0.15) is 0 Å². The van der Waals surface area contributed by atoms with Gasteiger partial charge in [-0.05, 0) is 24.8 Å². The Morgan fingerprint density at radius 2 is 1.92 bits per heavy atom. The van der Waals surface area contributed by atoms with Gasteiger partial charge in [-0.2, -0.15) is 0 Å². The van der Waals surface area contributed by atoms with Crippen LogP contribution in [-0.2, 0) is 0 Å². The predicted molar refractivity (Wildman–Crippen MR) is 53.2 cm³/mol. The van der Waals surface area contributed by atoms with Crippen molar-refractivity contribution >= 4 is 0 Å². The number of aliphatic hydroxyl groups is 1. The van der Waals surface area contributed by atoms with Crippen LogP contribution in [0.25, 0.3) is 0 Å². The zero-order valence-electron chi connectivity index (χ0n) is 8.85. The van der Waals surface area contributed by atoms with Gasteiger partial charge in [0.25, 0.3) is 0 Å². The van der Waals surface area contributed by atoms with Crippen LogP contribution in [0, 0.1) is 5.41 Å². The van der Waals surface area contributed by atoms with E-state index in [0.29, 0.717) is 5.41 Å². The number of rotatable bonds is 5. The fraction of sp³-hybridized carbons (Fsp3) is 1.00. The maximum absolute atomic E-state index is 9.48. The summed E-state index contributed by atoms with van der Waals surface area (Å²) in [5, 5.41) is 12.6. The average molecular weight is 173 g/mol. The molecular formula is C10H23NO. The molecule has 0 radical (unpaired) electrons. The molecule has 0 amide bonds. The highest BCUT2D eigenvalue weighted by atomic mass is 16.3. The van der Waals surface area contributed by atoms with Crippen LogP contribution >= 0.6 is 0 Å². The van der Waals surface area contributed by atoms with Crippen LogP contribution in [0.3, 0.4) is 0 Å². The average Bonchev–Trinajstić information content (AvgIpc) is 1.95. The van der Waals surface area contributed by atoms with E-state index in [1.54, 1.807) is 0 Å². The summed E-state index contributed by atoms with van der Waals surface area (Å²) in [7, 11) is 0. The van der Waals surface area contributed by atoms with Crippen LogP contribution in [-0.4, -0.2) is 24.3 Å². The zero-order chi connectivity index (χ0) is 9.61. The van der Waals surface area contributed by atoms with Crippen LogP contribution in [0.5, 0.6) is 0 Å². The van der Waals surface area contributed by atoms with E-state index in [1.165, 1.54) is 0 Å². The van der Waals surface area contributed by atoms with E-state index >= 15 is 0 Å². The number of likely N-dealkylation sites (N-methyl/N-ethyl adjacent to an activating group) is 1. The number of aliphatic hydroxyl groups excluding tert-OH is 1. The molecule has 0 saturated carbocycles. The molecule has 0 fully saturated rings. The molecular weight excluding hydrogens is 150 g/mol. The molecule has 0 saturated heterocycles. The van der Waals surface area contributed by atoms with Gasteiger partial charge in [0, 0.05) is 6.54 Å². The molecule has 0 spiro atoms. The van der Waals surface area contributed by atoms with Gasteiger partial charge in [-0.25, -0.2) is 0 Å². The summed E-state index contributed by atoms with van der Waals surface area (Å²) in [6.45, 7) is 10.3. The monoisotopic (exact) mass is 173 g/mol. The Labute approximate surface area is 76.4 Å². The molecule has 0 aliphatic rings. The van der Waals surface area contributed by atoms with Gasteiger partial charge in [-0.15, -0.1) is 0 Å². The first-order valence-corrected chi connectivity index (χ1v) is 4.84. The standard InChI is InChI=1S/C10H23NO/c1-5-11-8-9(12)6-7-10(2,3)4/h9,11-12H,5-8H2,1-4H3. The first kappa shape index (κ1) is 11.9. The Hall–Kier alpha value is -0.0800. The Kier molecular flexibility index (Phi) is 5.51. The maximum atomic E-state index is 9.48. The number of hydrogen-bond acceptors (Lipinski definition) is 2. The van der Waals surface area contributed by atoms with Crippen LogP contribution in [0.2, 0.25) is 0 Å². The van der Waals surface area contributed by atoms with Gasteiger partial charge in [-0.3, -0.25) is 0 Å². The molecule has 0 aliphatic carbocycles. The second-order valence-corrected chi connectivity index (χ2v) is 4.56. The molecule has 2 heteroatoms. The quantitative estimate of drug-likeness (QED) is 0.664. The van der Waals surface area contributed by atoms with Gasteiger partial charge in [0.05, 0.1) is 6.10 Å². The second-order valence-electron chi connectivity index (χ2n) is 4.56. The van der Waals surface area contributed by atoms with Crippen molar-refractivity contribution in [2.75, 3.05) is 13.1 Å². The predicted octanol–water partition coefficient (Wildman–Crippen LogP) is 1.78. The Morgan fingerprint density at radius 1 is 1.33 bits per heavy atom. The molecule has 0 aromatic carbocycles. The highest BCUT2D eigenvalue weighted by Gasteiger charge is 2.12. The van der Waals surface area contributed by atoms with E-state index in [4.69, 9.17) is 0 Å². The topological polar surface area (TPSA) is 32.3 Å². The minimum atomic E-state index is -0.177. The largest absolute Gasteiger partial charge is 0.392 e. The van der Waals surface area contributed by atoms with Gasteiger partial charge >= 0.3 is 0 Å². The summed E-state index contributed by atoms with van der Waals surface area (Å²) in [5.74, 6) is 0. The van der Waals surface area contributed by atoms with Crippen LogP contribution in [0.1, 0.15) is 40.5 Å². The number of nitrogens with one attached hydrogen (secondary N) is 1. The number of hydrogen-bond donors (Lipinski definition) is 2. The third-order valence-corrected chi connectivity index (χ3v) is 1.86. The molecule has 0 aromatic heterocycles. The smallest absolute Gasteiger partial charge is 0.0664 e. The van der Waals surface area contributed by atoms with Gasteiger partial charge in [-0.1, -0.05) is 27.7 Å². The van der Waals surface area contributed by atoms with Gasteiger partial charge in [0.2, 0.25) is 0 Å². The van der Waals surface area contributed by atoms with Crippen molar-refractivity contribution in [2.24, 2.45) is 5.41 Å². The van der Waals surface area contributed by atoms with Crippen LogP contribution in [0.4, 0.5) is 0 Å². The van der Waals surface area contributed by atoms with Crippen molar-refractivity contribution in [1.82, 2.24) is 5.32 Å². The molecule has 0 heterocycles. The lowest BCUT2D eigenvalue weighted by atomic mass is 9.89. The third kappa shape index (κ3) is 8.02. The van der Waals surface area contributed by atoms with E-state index in [1.807, 2.05) is 0 Å². The Bertz CT molecular complexity index is 107. The lowest BCUT2D eigenvalue weighted by molar-refractivity contribution is 0.144. The maximum Gasteiger partial charge on any atom is 0.0664 e. The van der Waals surface area contributed by atoms with E-state index in [0.717, 1.165) is 25.9 Å². The fourth-order valence-corrected chi connectivity index (χ4v) is 1.01. The molecule has 1 atom stereocenters. The Morgan fingerprint density at radius 3 is 2.33 bits per heavy atom. The molecule has 2 nitrogen and oxygen atoms in total. The first-order valence-electron chi connectivity index (χ1n) is 4.84. The SMILES string of the molecule is CCNCC(O)CCC(C)(C)C. The van der Waals surface area contributed by atoms with Crippen molar-refractivity contribution in [2.45, 2.75) is 46.6 Å². The highest BCUT2D eigenvalue weighted by Crippen LogP contribution is 2.21. The minimum absolute atomic E-state index is 0.177. The van der Waals surface area contributed by atoms with E-state index in [9.17, 15) is 5.11 Å². The summed E-state index contributed by atoms with van der Waals surface area (Å²) in [6.07, 6.45) is 1.81. The van der Waals surface area contributed by atoms with Crippen molar-refractivity contribution < 1.29 is 5.11 Å². The van der Waals surface area contributed by atoms with Crippen molar-refractivity contribution in [3.63, 3.8) is 0 Å². The van der Waals surface area contributed by atoms with E-state index in [2.05, 4.69) is 33.0 Å². The molecule has 0 aliphatic heterocycles. The van der Waals surface area contributed by atoms with Crippen LogP contribution in [0.15, 0.2) is 0 Å². The normalized spacial score (nSPS) is 14.8. The molecule has 1 unspecified atom stereocenters. The van der Waals surface area contributed by atoms with E-state index < -0.39 is 0 Å². The van der Waals surface area contributed by atoms with Crippen molar-refractivity contribution in [3.05, 3.63) is 0 Å². The van der Waals surface area contributed by atoms with Crippen LogP contribution < -0.4 is 5.32 Å². The summed E-state index contributed by atoms with van der Waals surface area (Å²) in [6, 6.07) is 0. The molecule has 0 rings (SSSR count). The zero-order valence-corrected chi connectivity index (χ0v) is 8.85. The minimum Gasteiger partial charge on any atom is -0.392 e.